The molecule has 1 N–H and O–H groups in total. The summed E-state index contributed by atoms with van der Waals surface area (Å²) in [7, 11) is 0. The first-order chi connectivity index (χ1) is 11.4. The minimum absolute atomic E-state index is 0.0828. The third-order valence-corrected chi connectivity index (χ3v) is 4.89. The van der Waals surface area contributed by atoms with Crippen LogP contribution in [0.25, 0.3) is 0 Å². The lowest BCUT2D eigenvalue weighted by Gasteiger charge is -2.32. The highest BCUT2D eigenvalue weighted by atomic mass is 32.1. The minimum Gasteiger partial charge on any atom is -0.351 e. The van der Waals surface area contributed by atoms with Crippen LogP contribution in [-0.2, 0) is 0 Å². The van der Waals surface area contributed by atoms with Gasteiger partial charge in [-0.05, 0) is 33.6 Å². The van der Waals surface area contributed by atoms with Gasteiger partial charge in [0.05, 0.1) is 10.7 Å². The lowest BCUT2D eigenvalue weighted by molar-refractivity contribution is 0.0637. The Kier molecular flexibility index (Phi) is 4.66. The Morgan fingerprint density at radius 1 is 1.38 bits per heavy atom. The average Bonchev–Trinajstić information content (AvgIpc) is 3.12. The molecule has 1 saturated heterocycles. The molecule has 1 atom stereocenters. The molecule has 128 valence electrons. The van der Waals surface area contributed by atoms with Crippen LogP contribution in [-0.4, -0.2) is 46.0 Å². The van der Waals surface area contributed by atoms with Crippen LogP contribution in [0.5, 0.6) is 0 Å². The maximum absolute atomic E-state index is 12.4. The predicted octanol–water partition coefficient (Wildman–Crippen LogP) is 2.09. The molecular weight excluding hydrogens is 328 g/mol. The van der Waals surface area contributed by atoms with Crippen molar-refractivity contribution < 1.29 is 14.1 Å². The number of aromatic nitrogens is 2. The van der Waals surface area contributed by atoms with Crippen LogP contribution in [0.2, 0.25) is 0 Å². The quantitative estimate of drug-likeness (QED) is 0.917. The second kappa shape index (κ2) is 6.72. The average molecular weight is 348 g/mol. The Morgan fingerprint density at radius 3 is 2.79 bits per heavy atom. The fourth-order valence-corrected chi connectivity index (χ4v) is 3.71. The van der Waals surface area contributed by atoms with Crippen molar-refractivity contribution in [3.8, 4) is 0 Å². The Labute approximate surface area is 144 Å². The number of nitrogens with one attached hydrogen (secondary N) is 1. The van der Waals surface area contributed by atoms with Gasteiger partial charge in [-0.15, -0.1) is 11.3 Å². The van der Waals surface area contributed by atoms with Gasteiger partial charge >= 0.3 is 0 Å². The summed E-state index contributed by atoms with van der Waals surface area (Å²) in [5.41, 5.74) is 1.15. The van der Waals surface area contributed by atoms with Crippen molar-refractivity contribution >= 4 is 23.2 Å². The largest absolute Gasteiger partial charge is 0.351 e. The Morgan fingerprint density at radius 2 is 2.17 bits per heavy atom. The summed E-state index contributed by atoms with van der Waals surface area (Å²) >= 11 is 1.51. The second-order valence-electron chi connectivity index (χ2n) is 6.03. The number of carbonyl (C=O) groups is 2. The molecule has 24 heavy (non-hydrogen) atoms. The molecule has 2 aromatic rings. The number of nitrogens with zero attached hydrogens (tertiary/aromatic N) is 3. The van der Waals surface area contributed by atoms with E-state index in [0.717, 1.165) is 22.7 Å². The van der Waals surface area contributed by atoms with E-state index in [1.807, 2.05) is 13.8 Å². The van der Waals surface area contributed by atoms with Crippen molar-refractivity contribution in [1.29, 1.82) is 0 Å². The van der Waals surface area contributed by atoms with E-state index in [1.54, 1.807) is 17.9 Å². The maximum atomic E-state index is 12.4. The highest BCUT2D eigenvalue weighted by Gasteiger charge is 2.28. The molecule has 3 rings (SSSR count). The van der Waals surface area contributed by atoms with E-state index in [1.165, 1.54) is 11.3 Å². The minimum atomic E-state index is -0.185. The standard InChI is InChI=1S/C16H20N4O3S/c1-9-7-13(23-19-9)16(22)20-6-4-5-12(8-20)18-15(21)14-10(2)24-11(3)17-14/h7,12H,4-6,8H2,1-3H3,(H,18,21)/t12-/m1/s1. The van der Waals surface area contributed by atoms with Gasteiger partial charge in [0, 0.05) is 30.1 Å². The highest BCUT2D eigenvalue weighted by Crippen LogP contribution is 2.18. The molecule has 3 heterocycles. The van der Waals surface area contributed by atoms with Gasteiger partial charge in [-0.3, -0.25) is 9.59 Å². The monoisotopic (exact) mass is 348 g/mol. The third-order valence-electron chi connectivity index (χ3n) is 4.00. The van der Waals surface area contributed by atoms with E-state index in [4.69, 9.17) is 4.52 Å². The number of likely N-dealkylation sites (tertiary alicyclic amines) is 1. The fraction of sp³-hybridized carbons (Fsp3) is 0.500. The van der Waals surface area contributed by atoms with Gasteiger partial charge in [0.2, 0.25) is 5.76 Å². The van der Waals surface area contributed by atoms with E-state index in [9.17, 15) is 9.59 Å². The molecule has 0 spiro atoms. The zero-order valence-corrected chi connectivity index (χ0v) is 14.8. The van der Waals surface area contributed by atoms with Crippen molar-refractivity contribution in [3.05, 3.63) is 33.1 Å². The zero-order chi connectivity index (χ0) is 17.3. The number of hydrogen-bond acceptors (Lipinski definition) is 6. The van der Waals surface area contributed by atoms with Crippen molar-refractivity contribution in [2.75, 3.05) is 13.1 Å². The van der Waals surface area contributed by atoms with Crippen LogP contribution in [0.4, 0.5) is 0 Å². The SMILES string of the molecule is Cc1cc(C(=O)N2CCC[C@@H](NC(=O)c3nc(C)sc3C)C2)on1. The first kappa shape index (κ1) is 16.6. The molecule has 0 radical (unpaired) electrons. The number of carbonyl (C=O) groups excluding carboxylic acids is 2. The van der Waals surface area contributed by atoms with Crippen LogP contribution in [0, 0.1) is 20.8 Å². The number of aryl methyl sites for hydroxylation is 3. The van der Waals surface area contributed by atoms with Gasteiger partial charge in [0.1, 0.15) is 5.69 Å². The highest BCUT2D eigenvalue weighted by molar-refractivity contribution is 7.11. The van der Waals surface area contributed by atoms with E-state index in [2.05, 4.69) is 15.5 Å². The summed E-state index contributed by atoms with van der Waals surface area (Å²) in [4.78, 5) is 31.7. The molecule has 1 aliphatic heterocycles. The van der Waals surface area contributed by atoms with Crippen molar-refractivity contribution in [1.82, 2.24) is 20.4 Å². The molecule has 0 aromatic carbocycles. The van der Waals surface area contributed by atoms with Gasteiger partial charge in [-0.25, -0.2) is 4.98 Å². The number of rotatable bonds is 3. The molecule has 1 aliphatic rings. The van der Waals surface area contributed by atoms with E-state index in [0.29, 0.717) is 24.5 Å². The van der Waals surface area contributed by atoms with Gasteiger partial charge in [-0.2, -0.15) is 0 Å². The van der Waals surface area contributed by atoms with Crippen LogP contribution in [0.3, 0.4) is 0 Å². The topological polar surface area (TPSA) is 88.3 Å². The first-order valence-corrected chi connectivity index (χ1v) is 8.73. The first-order valence-electron chi connectivity index (χ1n) is 7.91. The van der Waals surface area contributed by atoms with Crippen LogP contribution in [0.15, 0.2) is 10.6 Å². The van der Waals surface area contributed by atoms with E-state index in [-0.39, 0.29) is 23.6 Å². The lowest BCUT2D eigenvalue weighted by Crippen LogP contribution is -2.49. The van der Waals surface area contributed by atoms with Crippen LogP contribution >= 0.6 is 11.3 Å². The number of piperidine rings is 1. The van der Waals surface area contributed by atoms with Gasteiger partial charge in [0.25, 0.3) is 11.8 Å². The molecule has 8 heteroatoms. The van der Waals surface area contributed by atoms with Crippen LogP contribution < -0.4 is 5.32 Å². The molecule has 7 nitrogen and oxygen atoms in total. The third kappa shape index (κ3) is 3.48. The number of thiazole rings is 1. The smallest absolute Gasteiger partial charge is 0.292 e. The summed E-state index contributed by atoms with van der Waals surface area (Å²) in [6, 6.07) is 1.55. The maximum Gasteiger partial charge on any atom is 0.292 e. The van der Waals surface area contributed by atoms with Crippen LogP contribution in [0.1, 0.15) is 49.5 Å². The molecule has 2 aromatic heterocycles. The summed E-state index contributed by atoms with van der Waals surface area (Å²) in [6.07, 6.45) is 1.67. The van der Waals surface area contributed by atoms with Crippen molar-refractivity contribution in [3.63, 3.8) is 0 Å². The molecule has 0 unspecified atom stereocenters. The fourth-order valence-electron chi connectivity index (χ4n) is 2.89. The van der Waals surface area contributed by atoms with Crippen molar-refractivity contribution in [2.24, 2.45) is 0 Å². The molecular formula is C16H20N4O3S. The Bertz CT molecular complexity index is 767. The molecule has 2 amide bonds. The molecule has 0 saturated carbocycles. The van der Waals surface area contributed by atoms with E-state index < -0.39 is 0 Å². The predicted molar refractivity (Wildman–Crippen MR) is 89.2 cm³/mol. The van der Waals surface area contributed by atoms with Gasteiger partial charge in [-0.1, -0.05) is 5.16 Å². The normalized spacial score (nSPS) is 17.8. The summed E-state index contributed by atoms with van der Waals surface area (Å²) in [5.74, 6) is -0.118. The molecule has 0 aliphatic carbocycles. The second-order valence-corrected chi connectivity index (χ2v) is 7.44. The number of amides is 2. The molecule has 0 bridgehead atoms. The number of hydrogen-bond donors (Lipinski definition) is 1. The van der Waals surface area contributed by atoms with Gasteiger partial charge in [0.15, 0.2) is 0 Å². The molecule has 1 fully saturated rings. The summed E-state index contributed by atoms with van der Waals surface area (Å²) in [5, 5.41) is 7.62. The lowest BCUT2D eigenvalue weighted by atomic mass is 10.0. The summed E-state index contributed by atoms with van der Waals surface area (Å²) < 4.78 is 5.05. The summed E-state index contributed by atoms with van der Waals surface area (Å²) in [6.45, 7) is 6.67. The Hall–Kier alpha value is -2.22. The Balaban J connectivity index is 1.64. The zero-order valence-electron chi connectivity index (χ0n) is 14.0. The van der Waals surface area contributed by atoms with Crippen molar-refractivity contribution in [2.45, 2.75) is 39.7 Å². The van der Waals surface area contributed by atoms with Gasteiger partial charge < -0.3 is 14.7 Å². The van der Waals surface area contributed by atoms with E-state index >= 15 is 0 Å².